The first-order valence-corrected chi connectivity index (χ1v) is 7.85. The Balaban J connectivity index is 2.21. The molecule has 1 aromatic heterocycles. The summed E-state index contributed by atoms with van der Waals surface area (Å²) in [5, 5.41) is 11.4. The minimum Gasteiger partial charge on any atom is -0.422 e. The lowest BCUT2D eigenvalue weighted by Crippen LogP contribution is -2.06. The van der Waals surface area contributed by atoms with Crippen molar-refractivity contribution in [2.24, 2.45) is 0 Å². The molecule has 1 heterocycles. The van der Waals surface area contributed by atoms with Gasteiger partial charge in [0, 0.05) is 16.3 Å². The van der Waals surface area contributed by atoms with Crippen LogP contribution in [0.5, 0.6) is 0 Å². The smallest absolute Gasteiger partial charge is 0.346 e. The third-order valence-corrected chi connectivity index (χ3v) is 4.42. The van der Waals surface area contributed by atoms with Gasteiger partial charge in [-0.3, -0.25) is 0 Å². The molecule has 0 aliphatic rings. The van der Waals surface area contributed by atoms with E-state index in [0.717, 1.165) is 16.5 Å². The van der Waals surface area contributed by atoms with Crippen LogP contribution >= 0.6 is 0 Å². The third-order valence-electron chi connectivity index (χ3n) is 4.42. The normalized spacial score (nSPS) is 10.9. The van der Waals surface area contributed by atoms with Crippen molar-refractivity contribution < 1.29 is 4.42 Å². The van der Waals surface area contributed by atoms with Crippen molar-refractivity contribution in [3.05, 3.63) is 76.1 Å². The fourth-order valence-corrected chi connectivity index (χ4v) is 3.15. The van der Waals surface area contributed by atoms with Gasteiger partial charge in [-0.15, -0.1) is 0 Å². The molecule has 0 bridgehead atoms. The maximum atomic E-state index is 12.4. The Hall–Kier alpha value is -3.58. The molecule has 25 heavy (non-hydrogen) atoms. The fraction of sp³-hybridized carbons (Fsp3) is 0.0476. The highest BCUT2D eigenvalue weighted by Crippen LogP contribution is 2.35. The molecule has 0 atom stereocenters. The number of anilines is 1. The summed E-state index contributed by atoms with van der Waals surface area (Å²) in [5.74, 6) is 0. The number of fused-ring (bicyclic) bond motifs is 3. The molecule has 4 rings (SSSR count). The number of rotatable bonds is 1. The lowest BCUT2D eigenvalue weighted by Gasteiger charge is -2.12. The van der Waals surface area contributed by atoms with Gasteiger partial charge in [-0.1, -0.05) is 48.0 Å². The summed E-state index contributed by atoms with van der Waals surface area (Å²) in [4.78, 5) is 12.4. The maximum absolute atomic E-state index is 12.4. The van der Waals surface area contributed by atoms with E-state index >= 15 is 0 Å². The zero-order valence-corrected chi connectivity index (χ0v) is 13.5. The number of para-hydroxylation sites is 1. The predicted octanol–water partition coefficient (Wildman–Crippen LogP) is 4.38. The Bertz CT molecular complexity index is 1230. The Morgan fingerprint density at radius 1 is 1.04 bits per heavy atom. The number of hydrogen-bond donors (Lipinski definition) is 1. The minimum atomic E-state index is -0.529. The monoisotopic (exact) mass is 326 g/mol. The number of nitrogen functional groups attached to an aromatic ring is 1. The van der Waals surface area contributed by atoms with Crippen LogP contribution in [0.25, 0.3) is 32.9 Å². The van der Waals surface area contributed by atoms with Crippen molar-refractivity contribution in [3.63, 3.8) is 0 Å². The molecule has 0 radical (unpaired) electrons. The lowest BCUT2D eigenvalue weighted by atomic mass is 9.93. The van der Waals surface area contributed by atoms with Gasteiger partial charge in [0.25, 0.3) is 0 Å². The van der Waals surface area contributed by atoms with Crippen LogP contribution in [0.4, 0.5) is 5.69 Å². The summed E-state index contributed by atoms with van der Waals surface area (Å²) in [6, 6.07) is 19.2. The van der Waals surface area contributed by atoms with Gasteiger partial charge in [0.2, 0.25) is 0 Å². The fourth-order valence-electron chi connectivity index (χ4n) is 3.15. The SMILES string of the molecule is Cc1ccc(-c2cc3c(c(N)c2C#N)c(=O)oc2ccccc23)cc1. The van der Waals surface area contributed by atoms with E-state index in [9.17, 15) is 10.1 Å². The molecular weight excluding hydrogens is 312 g/mol. The summed E-state index contributed by atoms with van der Waals surface area (Å²) in [7, 11) is 0. The molecule has 0 saturated heterocycles. The second kappa shape index (κ2) is 5.50. The molecule has 4 heteroatoms. The van der Waals surface area contributed by atoms with Crippen molar-refractivity contribution in [3.8, 4) is 17.2 Å². The van der Waals surface area contributed by atoms with Gasteiger partial charge in [-0.05, 0) is 24.6 Å². The molecule has 0 fully saturated rings. The molecule has 0 amide bonds. The van der Waals surface area contributed by atoms with Crippen LogP contribution in [0.15, 0.2) is 63.8 Å². The van der Waals surface area contributed by atoms with Crippen molar-refractivity contribution in [2.75, 3.05) is 5.73 Å². The van der Waals surface area contributed by atoms with Crippen molar-refractivity contribution in [2.45, 2.75) is 6.92 Å². The van der Waals surface area contributed by atoms with E-state index < -0.39 is 5.63 Å². The number of nitriles is 1. The molecule has 4 aromatic rings. The first-order chi connectivity index (χ1) is 12.1. The first kappa shape index (κ1) is 15.0. The Labute approximate surface area is 143 Å². The summed E-state index contributed by atoms with van der Waals surface area (Å²) in [6.45, 7) is 2.00. The molecule has 0 unspecified atom stereocenters. The highest BCUT2D eigenvalue weighted by Gasteiger charge is 2.18. The molecule has 0 spiro atoms. The van der Waals surface area contributed by atoms with Crippen molar-refractivity contribution >= 4 is 27.4 Å². The minimum absolute atomic E-state index is 0.162. The molecule has 2 N–H and O–H groups in total. The first-order valence-electron chi connectivity index (χ1n) is 7.85. The van der Waals surface area contributed by atoms with Gasteiger partial charge in [-0.2, -0.15) is 5.26 Å². The molecular formula is C21H14N2O2. The maximum Gasteiger partial charge on any atom is 0.346 e. The van der Waals surface area contributed by atoms with Crippen LogP contribution in [-0.2, 0) is 0 Å². The number of benzene rings is 3. The van der Waals surface area contributed by atoms with Crippen LogP contribution in [0.2, 0.25) is 0 Å². The van der Waals surface area contributed by atoms with E-state index in [4.69, 9.17) is 10.2 Å². The molecule has 4 nitrogen and oxygen atoms in total. The summed E-state index contributed by atoms with van der Waals surface area (Å²) < 4.78 is 5.37. The van der Waals surface area contributed by atoms with Gasteiger partial charge in [0.15, 0.2) is 0 Å². The van der Waals surface area contributed by atoms with Crippen LogP contribution in [0.3, 0.4) is 0 Å². The summed E-state index contributed by atoms with van der Waals surface area (Å²) >= 11 is 0. The van der Waals surface area contributed by atoms with Crippen LogP contribution in [-0.4, -0.2) is 0 Å². The standard InChI is InChI=1S/C21H14N2O2/c1-12-6-8-13(9-7-12)15-10-16-14-4-2-3-5-18(14)25-21(24)19(16)20(23)17(15)11-22/h2-10H,23H2,1H3. The average Bonchev–Trinajstić information content (AvgIpc) is 2.62. The van der Waals surface area contributed by atoms with Gasteiger partial charge in [0.05, 0.1) is 16.6 Å². The second-order valence-corrected chi connectivity index (χ2v) is 6.00. The zero-order chi connectivity index (χ0) is 17.6. The topological polar surface area (TPSA) is 80.0 Å². The molecule has 3 aromatic carbocycles. The highest BCUT2D eigenvalue weighted by molar-refractivity contribution is 6.11. The second-order valence-electron chi connectivity index (χ2n) is 6.00. The van der Waals surface area contributed by atoms with E-state index in [2.05, 4.69) is 6.07 Å². The van der Waals surface area contributed by atoms with E-state index in [1.54, 1.807) is 6.07 Å². The van der Waals surface area contributed by atoms with Crippen molar-refractivity contribution in [1.82, 2.24) is 0 Å². The molecule has 0 aliphatic carbocycles. The summed E-state index contributed by atoms with van der Waals surface area (Å²) in [6.07, 6.45) is 0. The van der Waals surface area contributed by atoms with Gasteiger partial charge in [0.1, 0.15) is 11.7 Å². The summed E-state index contributed by atoms with van der Waals surface area (Å²) in [5.41, 5.74) is 9.35. The lowest BCUT2D eigenvalue weighted by molar-refractivity contribution is 0.570. The highest BCUT2D eigenvalue weighted by atomic mass is 16.4. The Morgan fingerprint density at radius 3 is 2.48 bits per heavy atom. The van der Waals surface area contributed by atoms with Crippen LogP contribution in [0, 0.1) is 18.3 Å². The Kier molecular flexibility index (Phi) is 3.29. The largest absolute Gasteiger partial charge is 0.422 e. The number of aryl methyl sites for hydroxylation is 1. The zero-order valence-electron chi connectivity index (χ0n) is 13.5. The van der Waals surface area contributed by atoms with Gasteiger partial charge >= 0.3 is 5.63 Å². The quantitative estimate of drug-likeness (QED) is 0.320. The van der Waals surface area contributed by atoms with Crippen LogP contribution < -0.4 is 11.4 Å². The molecule has 0 aliphatic heterocycles. The third kappa shape index (κ3) is 2.26. The molecule has 0 saturated carbocycles. The van der Waals surface area contributed by atoms with Gasteiger partial charge in [-0.25, -0.2) is 4.79 Å². The number of hydrogen-bond acceptors (Lipinski definition) is 4. The van der Waals surface area contributed by atoms with Gasteiger partial charge < -0.3 is 10.2 Å². The van der Waals surface area contributed by atoms with E-state index in [1.165, 1.54) is 0 Å². The van der Waals surface area contributed by atoms with E-state index in [1.807, 2.05) is 55.5 Å². The average molecular weight is 326 g/mol. The molecule has 120 valence electrons. The predicted molar refractivity (Wildman–Crippen MR) is 99.3 cm³/mol. The number of nitrogens with zero attached hydrogens (tertiary/aromatic N) is 1. The van der Waals surface area contributed by atoms with Crippen LogP contribution in [0.1, 0.15) is 11.1 Å². The van der Waals surface area contributed by atoms with E-state index in [0.29, 0.717) is 22.1 Å². The van der Waals surface area contributed by atoms with E-state index in [-0.39, 0.29) is 11.1 Å². The Morgan fingerprint density at radius 2 is 1.76 bits per heavy atom. The number of nitrogens with two attached hydrogens (primary N) is 1. The van der Waals surface area contributed by atoms with Crippen molar-refractivity contribution in [1.29, 1.82) is 5.26 Å².